The third kappa shape index (κ3) is 8.47. The maximum Gasteiger partial charge on any atom is 0.410 e. The van der Waals surface area contributed by atoms with Gasteiger partial charge in [0.2, 0.25) is 0 Å². The van der Waals surface area contributed by atoms with Crippen molar-refractivity contribution in [2.24, 2.45) is 0 Å². The molecule has 0 spiro atoms. The predicted molar refractivity (Wildman–Crippen MR) is 190 cm³/mol. The number of nitrogens with one attached hydrogen (secondary N) is 1. The van der Waals surface area contributed by atoms with Gasteiger partial charge in [0, 0.05) is 56.9 Å². The minimum atomic E-state index is -0.980. The normalized spacial score (nSPS) is 21.1. The number of halogens is 2. The summed E-state index contributed by atoms with van der Waals surface area (Å²) in [6.45, 7) is 9.12. The summed E-state index contributed by atoms with van der Waals surface area (Å²) in [5.41, 5.74) is 4.12. The third-order valence-electron chi connectivity index (χ3n) is 10.5. The Kier molecular flexibility index (Phi) is 11.5. The molecular formula is C37H47Cl2N5O4. The van der Waals surface area contributed by atoms with Gasteiger partial charge in [0.1, 0.15) is 0 Å². The van der Waals surface area contributed by atoms with E-state index in [-0.39, 0.29) is 24.4 Å². The lowest BCUT2D eigenvalue weighted by molar-refractivity contribution is -0.142. The first-order chi connectivity index (χ1) is 23.2. The van der Waals surface area contributed by atoms with Crippen LogP contribution in [0.1, 0.15) is 62.5 Å². The van der Waals surface area contributed by atoms with Gasteiger partial charge in [-0.25, -0.2) is 9.59 Å². The van der Waals surface area contributed by atoms with Gasteiger partial charge < -0.3 is 29.7 Å². The molecule has 1 N–H and O–H groups in total. The summed E-state index contributed by atoms with van der Waals surface area (Å²) in [5.74, 6) is -0.174. The molecule has 4 aliphatic rings. The van der Waals surface area contributed by atoms with Crippen LogP contribution in [0.3, 0.4) is 0 Å². The molecule has 4 aliphatic heterocycles. The fourth-order valence-corrected chi connectivity index (χ4v) is 8.00. The predicted octanol–water partition coefficient (Wildman–Crippen LogP) is 7.02. The van der Waals surface area contributed by atoms with Crippen LogP contribution in [-0.2, 0) is 22.4 Å². The van der Waals surface area contributed by atoms with Gasteiger partial charge in [0.05, 0.1) is 10.0 Å². The summed E-state index contributed by atoms with van der Waals surface area (Å²) in [5, 5.41) is 3.87. The number of para-hydroxylation sites is 1. The van der Waals surface area contributed by atoms with Crippen LogP contribution in [0.25, 0.3) is 0 Å². The van der Waals surface area contributed by atoms with Crippen molar-refractivity contribution in [3.8, 4) is 0 Å². The topological polar surface area (TPSA) is 85.4 Å². The number of allylic oxidation sites excluding steroid dienone is 1. The first-order valence-electron chi connectivity index (χ1n) is 17.5. The van der Waals surface area contributed by atoms with Crippen molar-refractivity contribution >= 4 is 46.9 Å². The van der Waals surface area contributed by atoms with E-state index < -0.39 is 12.2 Å². The van der Waals surface area contributed by atoms with Crippen molar-refractivity contribution in [1.82, 2.24) is 19.6 Å². The number of hydrogen-bond donors (Lipinski definition) is 1. The number of amides is 4. The fourth-order valence-electron chi connectivity index (χ4n) is 7.68. The van der Waals surface area contributed by atoms with Crippen LogP contribution >= 0.6 is 23.2 Å². The van der Waals surface area contributed by atoms with E-state index in [1.54, 1.807) is 17.0 Å². The van der Waals surface area contributed by atoms with Gasteiger partial charge in [0.25, 0.3) is 5.91 Å². The summed E-state index contributed by atoms with van der Waals surface area (Å²) in [6.07, 6.45) is 7.06. The lowest BCUT2D eigenvalue weighted by atomic mass is 9.98. The number of benzene rings is 2. The van der Waals surface area contributed by atoms with E-state index in [9.17, 15) is 14.4 Å². The Morgan fingerprint density at radius 1 is 0.833 bits per heavy atom. The van der Waals surface area contributed by atoms with Gasteiger partial charge in [-0.2, -0.15) is 0 Å². The van der Waals surface area contributed by atoms with Crippen LogP contribution < -0.4 is 5.32 Å². The van der Waals surface area contributed by atoms with Crippen LogP contribution in [0.4, 0.5) is 15.3 Å². The molecule has 2 aromatic rings. The van der Waals surface area contributed by atoms with Crippen molar-refractivity contribution in [2.45, 2.75) is 82.4 Å². The zero-order chi connectivity index (χ0) is 33.6. The molecule has 0 saturated carbocycles. The number of rotatable bonds is 6. The molecule has 6 rings (SSSR count). The van der Waals surface area contributed by atoms with E-state index in [2.05, 4.69) is 16.8 Å². The summed E-state index contributed by atoms with van der Waals surface area (Å²) in [6, 6.07) is 13.5. The van der Waals surface area contributed by atoms with Crippen LogP contribution in [0, 0.1) is 0 Å². The Hall–Kier alpha value is -3.27. The van der Waals surface area contributed by atoms with E-state index in [1.165, 1.54) is 5.57 Å². The molecule has 48 heavy (non-hydrogen) atoms. The first-order valence-corrected chi connectivity index (χ1v) is 18.2. The number of urea groups is 1. The highest BCUT2D eigenvalue weighted by Gasteiger charge is 2.36. The van der Waals surface area contributed by atoms with Crippen LogP contribution in [-0.4, -0.2) is 102 Å². The van der Waals surface area contributed by atoms with Gasteiger partial charge in [-0.15, -0.1) is 0 Å². The molecule has 0 bridgehead atoms. The SMILES string of the molecule is C=C1CCCN(C2CCN(C(=O)[C@@H](Cc3ccc(Cl)c(Cl)c3)OC(=O)N3CCC(N4CCc5ccccc5NC4=O)CC3)CC2)CCC1. The van der Waals surface area contributed by atoms with E-state index in [4.69, 9.17) is 27.9 Å². The summed E-state index contributed by atoms with van der Waals surface area (Å²) >= 11 is 12.5. The average molecular weight is 697 g/mol. The number of carbonyl (C=O) groups excluding carboxylic acids is 3. The van der Waals surface area contributed by atoms with Gasteiger partial charge in [-0.1, -0.05) is 59.6 Å². The fraction of sp³-hybridized carbons (Fsp3) is 0.541. The van der Waals surface area contributed by atoms with Crippen molar-refractivity contribution in [1.29, 1.82) is 0 Å². The van der Waals surface area contributed by atoms with Crippen molar-refractivity contribution in [2.75, 3.05) is 51.1 Å². The first kappa shape index (κ1) is 34.6. The molecule has 11 heteroatoms. The molecule has 1 atom stereocenters. The Balaban J connectivity index is 1.06. The zero-order valence-electron chi connectivity index (χ0n) is 27.7. The smallest absolute Gasteiger partial charge is 0.410 e. The molecule has 0 aliphatic carbocycles. The van der Waals surface area contributed by atoms with Gasteiger partial charge in [-0.3, -0.25) is 4.79 Å². The second-order valence-corrected chi connectivity index (χ2v) is 14.4. The molecule has 0 aromatic heterocycles. The maximum absolute atomic E-state index is 14.0. The Bertz CT molecular complexity index is 1480. The van der Waals surface area contributed by atoms with Gasteiger partial charge in [-0.05, 0) is 100 Å². The van der Waals surface area contributed by atoms with Crippen LogP contribution in [0.15, 0.2) is 54.6 Å². The van der Waals surface area contributed by atoms with Gasteiger partial charge in [0.15, 0.2) is 6.10 Å². The molecule has 3 fully saturated rings. The van der Waals surface area contributed by atoms with E-state index >= 15 is 0 Å². The molecule has 2 aromatic carbocycles. The van der Waals surface area contributed by atoms with Crippen molar-refractivity contribution in [3.63, 3.8) is 0 Å². The highest BCUT2D eigenvalue weighted by molar-refractivity contribution is 6.42. The molecule has 4 heterocycles. The molecular weight excluding hydrogens is 649 g/mol. The third-order valence-corrected chi connectivity index (χ3v) is 11.2. The highest BCUT2D eigenvalue weighted by atomic mass is 35.5. The summed E-state index contributed by atoms with van der Waals surface area (Å²) in [7, 11) is 0. The van der Waals surface area contributed by atoms with E-state index in [0.29, 0.717) is 61.7 Å². The molecule has 0 unspecified atom stereocenters. The number of ether oxygens (including phenoxy) is 1. The van der Waals surface area contributed by atoms with Crippen molar-refractivity contribution < 1.29 is 19.1 Å². The number of nitrogens with zero attached hydrogens (tertiary/aromatic N) is 4. The average Bonchev–Trinajstić information content (AvgIpc) is 3.25. The molecule has 0 radical (unpaired) electrons. The number of hydrogen-bond acceptors (Lipinski definition) is 5. The minimum Gasteiger partial charge on any atom is -0.436 e. The van der Waals surface area contributed by atoms with Crippen molar-refractivity contribution in [3.05, 3.63) is 75.8 Å². The highest BCUT2D eigenvalue weighted by Crippen LogP contribution is 2.28. The molecule has 258 valence electrons. The second-order valence-electron chi connectivity index (χ2n) is 13.6. The second kappa shape index (κ2) is 16.0. The largest absolute Gasteiger partial charge is 0.436 e. The maximum atomic E-state index is 14.0. The van der Waals surface area contributed by atoms with Crippen LogP contribution in [0.2, 0.25) is 10.0 Å². The summed E-state index contributed by atoms with van der Waals surface area (Å²) in [4.78, 5) is 48.7. The van der Waals surface area contributed by atoms with Crippen LogP contribution in [0.5, 0.6) is 0 Å². The molecule has 9 nitrogen and oxygen atoms in total. The lowest BCUT2D eigenvalue weighted by Gasteiger charge is -2.40. The Morgan fingerprint density at radius 3 is 2.21 bits per heavy atom. The summed E-state index contributed by atoms with van der Waals surface area (Å²) < 4.78 is 6.03. The Labute approximate surface area is 294 Å². The van der Waals surface area contributed by atoms with Gasteiger partial charge >= 0.3 is 12.1 Å². The number of piperidine rings is 2. The number of fused-ring (bicyclic) bond motifs is 1. The number of anilines is 1. The number of likely N-dealkylation sites (tertiary alicyclic amines) is 3. The van der Waals surface area contributed by atoms with E-state index in [0.717, 1.165) is 74.8 Å². The monoisotopic (exact) mass is 695 g/mol. The zero-order valence-corrected chi connectivity index (χ0v) is 29.2. The van der Waals surface area contributed by atoms with E-state index in [1.807, 2.05) is 40.1 Å². The number of carbonyl (C=O) groups is 3. The molecule has 4 amide bonds. The lowest BCUT2D eigenvalue weighted by Crippen LogP contribution is -2.52. The minimum absolute atomic E-state index is 0.0192. The Morgan fingerprint density at radius 2 is 1.50 bits per heavy atom. The quantitative estimate of drug-likeness (QED) is 0.329. The molecule has 3 saturated heterocycles. The standard InChI is InChI=1S/C37H47Cl2N5O4/c1-26-6-4-17-41(18-5-7-26)29-13-19-42(20-14-29)35(45)34(25-27-10-11-31(38)32(39)24-27)48-37(47)43-21-15-30(16-22-43)44-23-12-28-8-2-3-9-33(28)40-36(44)46/h2-3,8-11,24,29-30,34H,1,4-7,12-23,25H2,(H,40,46)/t34-/m1/s1.